The molecule has 0 bridgehead atoms. The maximum atomic E-state index is 1.61. The van der Waals surface area contributed by atoms with Crippen LogP contribution in [0, 0.1) is 0 Å². The Morgan fingerprint density at radius 3 is 1.78 bits per heavy atom. The molecule has 3 heteroatoms. The van der Waals surface area contributed by atoms with E-state index >= 15 is 0 Å². The third-order valence-corrected chi connectivity index (χ3v) is 20.2. The van der Waals surface area contributed by atoms with Crippen LogP contribution >= 0.6 is 0 Å². The Bertz CT molecular complexity index is 36.8. The molecule has 0 spiro atoms. The monoisotopic (exact) mass is 324 g/mol. The zero-order valence-corrected chi connectivity index (χ0v) is 10.6. The van der Waals surface area contributed by atoms with Crippen LogP contribution in [0.4, 0.5) is 0 Å². The van der Waals surface area contributed by atoms with Gasteiger partial charge in [0.15, 0.2) is 0 Å². The number of rotatable bonds is 0. The molecule has 1 aliphatic heterocycles. The van der Waals surface area contributed by atoms with Gasteiger partial charge in [-0.1, -0.05) is 0 Å². The van der Waals surface area contributed by atoms with E-state index in [0.717, 1.165) is 37.6 Å². The molecule has 1 heterocycles. The van der Waals surface area contributed by atoms with Gasteiger partial charge in [-0.15, -0.1) is 0 Å². The van der Waals surface area contributed by atoms with Crippen molar-refractivity contribution in [3.63, 3.8) is 0 Å². The summed E-state index contributed by atoms with van der Waals surface area (Å²) in [7, 11) is 0. The zero-order chi connectivity index (χ0) is 6.36. The fourth-order valence-corrected chi connectivity index (χ4v) is 18.9. The Balaban J connectivity index is 2.02. The van der Waals surface area contributed by atoms with Gasteiger partial charge in [0, 0.05) is 0 Å². The van der Waals surface area contributed by atoms with E-state index < -0.39 is 0 Å². The van der Waals surface area contributed by atoms with E-state index in [1.807, 2.05) is 0 Å². The Morgan fingerprint density at radius 2 is 1.22 bits per heavy atom. The van der Waals surface area contributed by atoms with Gasteiger partial charge in [-0.2, -0.15) is 0 Å². The molecule has 0 amide bonds. The summed E-state index contributed by atoms with van der Waals surface area (Å²) in [6, 6.07) is 0. The Morgan fingerprint density at radius 1 is 0.667 bits per heavy atom. The fraction of sp³-hybridized carbons (Fsp3) is 1.00. The van der Waals surface area contributed by atoms with Crippen molar-refractivity contribution >= 4 is 37.6 Å². The first kappa shape index (κ1) is 8.65. The van der Waals surface area contributed by atoms with Crippen LogP contribution in [-0.4, -0.2) is 37.6 Å². The van der Waals surface area contributed by atoms with Gasteiger partial charge in [0.2, 0.25) is 0 Å². The predicted molar refractivity (Wildman–Crippen MR) is 45.3 cm³/mol. The molecule has 54 valence electrons. The van der Waals surface area contributed by atoms with Gasteiger partial charge in [0.05, 0.1) is 0 Å². The molecule has 0 N–H and O–H groups in total. The van der Waals surface area contributed by atoms with Gasteiger partial charge in [-0.25, -0.2) is 0 Å². The molecule has 0 aromatic heterocycles. The first-order chi connectivity index (χ1) is 4.50. The van der Waals surface area contributed by atoms with E-state index in [2.05, 4.69) is 0 Å². The van der Waals surface area contributed by atoms with Gasteiger partial charge in [0.25, 0.3) is 0 Å². The van der Waals surface area contributed by atoms with E-state index in [1.54, 1.807) is 23.5 Å². The molecule has 0 saturated carbocycles. The molecule has 0 aromatic rings. The van der Waals surface area contributed by atoms with Crippen molar-refractivity contribution in [3.8, 4) is 0 Å². The van der Waals surface area contributed by atoms with Crippen LogP contribution in [0.15, 0.2) is 0 Å². The third kappa shape index (κ3) is 4.90. The molecule has 1 aliphatic rings. The Hall–Kier alpha value is 1.56. The van der Waals surface area contributed by atoms with E-state index in [-0.39, 0.29) is 0 Å². The first-order valence-electron chi connectivity index (χ1n) is 3.41. The second-order valence-corrected chi connectivity index (χ2v) is 19.4. The Labute approximate surface area is 73.5 Å². The van der Waals surface area contributed by atoms with Crippen molar-refractivity contribution < 1.29 is 0 Å². The third-order valence-electron chi connectivity index (χ3n) is 1.30. The van der Waals surface area contributed by atoms with Crippen molar-refractivity contribution in [1.82, 2.24) is 0 Å². The van der Waals surface area contributed by atoms with Crippen molar-refractivity contribution in [1.29, 1.82) is 0 Å². The molecule has 0 radical (unpaired) electrons. The average Bonchev–Trinajstić information content (AvgIpc) is 2.00. The van der Waals surface area contributed by atoms with Gasteiger partial charge >= 0.3 is 73.9 Å². The molecule has 9 heavy (non-hydrogen) atoms. The average molecular weight is 321 g/mol. The maximum absolute atomic E-state index is 1.61. The van der Waals surface area contributed by atoms with Crippen LogP contribution in [0.3, 0.4) is 0 Å². The quantitative estimate of drug-likeness (QED) is 0.591. The van der Waals surface area contributed by atoms with E-state index in [0.29, 0.717) is 0 Å². The normalized spacial score (nSPS) is 24.0. The van der Waals surface area contributed by atoms with Gasteiger partial charge in [0.1, 0.15) is 0 Å². The zero-order valence-electron chi connectivity index (χ0n) is 5.47. The SMILES string of the molecule is C1CCC[Se][Se][Se]CC1. The summed E-state index contributed by atoms with van der Waals surface area (Å²) in [4.78, 5) is 0. The molecule has 1 saturated heterocycles. The summed E-state index contributed by atoms with van der Waals surface area (Å²) in [5.74, 6) is 0. The predicted octanol–water partition coefficient (Wildman–Crippen LogP) is 1.34. The van der Waals surface area contributed by atoms with Crippen LogP contribution in [0.2, 0.25) is 10.6 Å². The van der Waals surface area contributed by atoms with Crippen LogP contribution in [-0.2, 0) is 0 Å². The molecule has 0 nitrogen and oxygen atoms in total. The summed E-state index contributed by atoms with van der Waals surface area (Å²) in [5, 5.41) is 3.21. The van der Waals surface area contributed by atoms with Crippen LogP contribution < -0.4 is 0 Å². The fourth-order valence-electron chi connectivity index (χ4n) is 0.778. The molecule has 0 atom stereocenters. The summed E-state index contributed by atoms with van der Waals surface area (Å²) in [6.45, 7) is 0. The topological polar surface area (TPSA) is 0 Å². The summed E-state index contributed by atoms with van der Waals surface area (Å²) in [5.41, 5.74) is 0. The van der Waals surface area contributed by atoms with E-state index in [4.69, 9.17) is 0 Å². The molecule has 1 rings (SSSR count). The van der Waals surface area contributed by atoms with Crippen LogP contribution in [0.25, 0.3) is 0 Å². The van der Waals surface area contributed by atoms with Gasteiger partial charge < -0.3 is 0 Å². The molecular formula is C6H12Se3. The van der Waals surface area contributed by atoms with E-state index in [9.17, 15) is 0 Å². The standard InChI is InChI=1S/C6H12Se3/c1-2-4-6-8-9-7-5-3-1/h1-6H2. The molecule has 1 fully saturated rings. The summed E-state index contributed by atoms with van der Waals surface area (Å²) < 4.78 is 0. The summed E-state index contributed by atoms with van der Waals surface area (Å²) >= 11 is 3.36. The Kier molecular flexibility index (Phi) is 6.04. The second kappa shape index (κ2) is 6.28. The van der Waals surface area contributed by atoms with Crippen LogP contribution in [0.5, 0.6) is 0 Å². The molecule has 0 aliphatic carbocycles. The van der Waals surface area contributed by atoms with Gasteiger partial charge in [-0.3, -0.25) is 0 Å². The second-order valence-electron chi connectivity index (χ2n) is 2.13. The number of hydrogen-bond acceptors (Lipinski definition) is 0. The van der Waals surface area contributed by atoms with Crippen molar-refractivity contribution in [2.45, 2.75) is 36.3 Å². The summed E-state index contributed by atoms with van der Waals surface area (Å²) in [6.07, 6.45) is 6.18. The van der Waals surface area contributed by atoms with Crippen molar-refractivity contribution in [2.75, 3.05) is 0 Å². The number of hydrogen-bond donors (Lipinski definition) is 0. The molecular weight excluding hydrogens is 309 g/mol. The molecule has 0 unspecified atom stereocenters. The molecule has 0 aromatic carbocycles. The first-order valence-corrected chi connectivity index (χ1v) is 14.5. The minimum atomic E-state index is 1.11. The van der Waals surface area contributed by atoms with Crippen LogP contribution in [0.1, 0.15) is 25.7 Å². The van der Waals surface area contributed by atoms with Gasteiger partial charge in [-0.05, 0) is 0 Å². The minimum absolute atomic E-state index is 1.11. The van der Waals surface area contributed by atoms with Crippen molar-refractivity contribution in [2.24, 2.45) is 0 Å². The van der Waals surface area contributed by atoms with Crippen molar-refractivity contribution in [3.05, 3.63) is 0 Å². The van der Waals surface area contributed by atoms with E-state index in [1.165, 1.54) is 12.8 Å².